The highest BCUT2D eigenvalue weighted by Crippen LogP contribution is 2.19. The molecule has 0 saturated heterocycles. The van der Waals surface area contributed by atoms with E-state index in [4.69, 9.17) is 0 Å². The summed E-state index contributed by atoms with van der Waals surface area (Å²) in [6.45, 7) is 10.3. The van der Waals surface area contributed by atoms with Crippen LogP contribution in [0, 0.1) is 11.8 Å². The quantitative estimate of drug-likeness (QED) is 0.342. The van der Waals surface area contributed by atoms with E-state index in [9.17, 15) is 4.79 Å². The Kier molecular flexibility index (Phi) is 7.09. The topological polar surface area (TPSA) is 17.1 Å². The van der Waals surface area contributed by atoms with Crippen molar-refractivity contribution < 1.29 is 4.79 Å². The maximum absolute atomic E-state index is 10.2. The van der Waals surface area contributed by atoms with Crippen LogP contribution in [0.4, 0.5) is 0 Å². The van der Waals surface area contributed by atoms with Crippen LogP contribution in [0.2, 0.25) is 0 Å². The largest absolute Gasteiger partial charge is 0.299 e. The van der Waals surface area contributed by atoms with Gasteiger partial charge in [0, 0.05) is 0 Å². The number of aldehydes is 1. The van der Waals surface area contributed by atoms with Gasteiger partial charge in [-0.3, -0.25) is 4.79 Å². The van der Waals surface area contributed by atoms with Crippen LogP contribution in [0.15, 0.2) is 24.3 Å². The van der Waals surface area contributed by atoms with Crippen LogP contribution in [0.25, 0.3) is 0 Å². The van der Waals surface area contributed by atoms with Gasteiger partial charge in [-0.05, 0) is 44.1 Å². The number of carbonyl (C=O) groups is 1. The fourth-order valence-electron chi connectivity index (χ4n) is 1.40. The summed E-state index contributed by atoms with van der Waals surface area (Å²) in [5, 5.41) is 0. The van der Waals surface area contributed by atoms with Crippen LogP contribution >= 0.6 is 0 Å². The second kappa shape index (κ2) is 7.54. The first-order chi connectivity index (χ1) is 6.61. The van der Waals surface area contributed by atoms with E-state index < -0.39 is 0 Å². The molecule has 1 nitrogen and oxygen atoms in total. The Morgan fingerprint density at radius 1 is 1.43 bits per heavy atom. The third-order valence-electron chi connectivity index (χ3n) is 2.85. The van der Waals surface area contributed by atoms with Gasteiger partial charge in [-0.1, -0.05) is 25.5 Å². The maximum atomic E-state index is 10.2. The highest BCUT2D eigenvalue weighted by molar-refractivity contribution is 5.65. The van der Waals surface area contributed by atoms with Crippen LogP contribution in [0.3, 0.4) is 0 Å². The van der Waals surface area contributed by atoms with Crippen molar-refractivity contribution in [3.63, 3.8) is 0 Å². The molecule has 0 spiro atoms. The second-order valence-electron chi connectivity index (χ2n) is 4.11. The van der Waals surface area contributed by atoms with E-state index in [0.29, 0.717) is 11.8 Å². The first kappa shape index (κ1) is 13.2. The lowest BCUT2D eigenvalue weighted by Crippen LogP contribution is -2.04. The SMILES string of the molecule is C=CC(C)C(C)CCC/C(C)=C/C=O. The Balaban J connectivity index is 3.68. The summed E-state index contributed by atoms with van der Waals surface area (Å²) in [6.07, 6.45) is 7.94. The Morgan fingerprint density at radius 3 is 2.57 bits per heavy atom. The van der Waals surface area contributed by atoms with Crippen LogP contribution in [-0.4, -0.2) is 6.29 Å². The fourth-order valence-corrected chi connectivity index (χ4v) is 1.40. The minimum Gasteiger partial charge on any atom is -0.299 e. The van der Waals surface area contributed by atoms with E-state index >= 15 is 0 Å². The molecule has 0 fully saturated rings. The summed E-state index contributed by atoms with van der Waals surface area (Å²) < 4.78 is 0. The van der Waals surface area contributed by atoms with Gasteiger partial charge < -0.3 is 0 Å². The summed E-state index contributed by atoms with van der Waals surface area (Å²) in [5.41, 5.74) is 1.18. The summed E-state index contributed by atoms with van der Waals surface area (Å²) in [7, 11) is 0. The van der Waals surface area contributed by atoms with Crippen molar-refractivity contribution in [2.24, 2.45) is 11.8 Å². The van der Waals surface area contributed by atoms with E-state index in [1.807, 2.05) is 13.0 Å². The summed E-state index contributed by atoms with van der Waals surface area (Å²) >= 11 is 0. The van der Waals surface area contributed by atoms with Gasteiger partial charge in [-0.2, -0.15) is 0 Å². The second-order valence-corrected chi connectivity index (χ2v) is 4.11. The van der Waals surface area contributed by atoms with Gasteiger partial charge in [-0.25, -0.2) is 0 Å². The van der Waals surface area contributed by atoms with E-state index in [2.05, 4.69) is 20.4 Å². The molecule has 80 valence electrons. The van der Waals surface area contributed by atoms with Gasteiger partial charge in [0.15, 0.2) is 0 Å². The van der Waals surface area contributed by atoms with Crippen LogP contribution in [0.1, 0.15) is 40.0 Å². The maximum Gasteiger partial charge on any atom is 0.142 e. The highest BCUT2D eigenvalue weighted by Gasteiger charge is 2.07. The molecule has 2 atom stereocenters. The molecule has 2 unspecified atom stereocenters. The molecule has 0 aliphatic carbocycles. The molecule has 14 heavy (non-hydrogen) atoms. The third-order valence-corrected chi connectivity index (χ3v) is 2.85. The van der Waals surface area contributed by atoms with E-state index in [0.717, 1.165) is 19.1 Å². The van der Waals surface area contributed by atoms with Crippen molar-refractivity contribution in [2.75, 3.05) is 0 Å². The summed E-state index contributed by atoms with van der Waals surface area (Å²) in [6, 6.07) is 0. The molecule has 0 aliphatic heterocycles. The van der Waals surface area contributed by atoms with Gasteiger partial charge in [0.2, 0.25) is 0 Å². The molecule has 0 N–H and O–H groups in total. The summed E-state index contributed by atoms with van der Waals surface area (Å²) in [5.74, 6) is 1.28. The molecule has 0 amide bonds. The molecule has 0 saturated carbocycles. The number of hydrogen-bond acceptors (Lipinski definition) is 1. The number of rotatable bonds is 7. The zero-order chi connectivity index (χ0) is 11.0. The number of hydrogen-bond donors (Lipinski definition) is 0. The van der Waals surface area contributed by atoms with Crippen molar-refractivity contribution in [2.45, 2.75) is 40.0 Å². The molecule has 1 heteroatoms. The van der Waals surface area contributed by atoms with Gasteiger partial charge in [0.1, 0.15) is 6.29 Å². The van der Waals surface area contributed by atoms with Crippen LogP contribution < -0.4 is 0 Å². The zero-order valence-electron chi connectivity index (χ0n) is 9.62. The lowest BCUT2D eigenvalue weighted by atomic mass is 9.90. The Morgan fingerprint density at radius 2 is 2.07 bits per heavy atom. The monoisotopic (exact) mass is 194 g/mol. The average molecular weight is 194 g/mol. The van der Waals surface area contributed by atoms with E-state index in [1.165, 1.54) is 12.0 Å². The molecule has 0 radical (unpaired) electrons. The number of carbonyl (C=O) groups excluding carboxylic acids is 1. The van der Waals surface area contributed by atoms with Crippen molar-refractivity contribution >= 4 is 6.29 Å². The minimum absolute atomic E-state index is 0.588. The van der Waals surface area contributed by atoms with Crippen molar-refractivity contribution in [3.05, 3.63) is 24.3 Å². The van der Waals surface area contributed by atoms with Gasteiger partial charge in [-0.15, -0.1) is 6.58 Å². The molecule has 0 rings (SSSR count). The average Bonchev–Trinajstić information content (AvgIpc) is 2.16. The standard InChI is InChI=1S/C13H22O/c1-5-12(3)13(4)8-6-7-11(2)9-10-14/h5,9-10,12-13H,1,6-8H2,2-4H3/b11-9+. The zero-order valence-corrected chi connectivity index (χ0v) is 9.62. The molecule has 0 aromatic heterocycles. The molecule has 0 aromatic carbocycles. The summed E-state index contributed by atoms with van der Waals surface area (Å²) in [4.78, 5) is 10.2. The van der Waals surface area contributed by atoms with Crippen LogP contribution in [0.5, 0.6) is 0 Å². The normalized spacial score (nSPS) is 16.1. The molecular weight excluding hydrogens is 172 g/mol. The Bertz CT molecular complexity index is 203. The Labute approximate surface area is 87.9 Å². The first-order valence-corrected chi connectivity index (χ1v) is 5.35. The van der Waals surface area contributed by atoms with Gasteiger partial charge >= 0.3 is 0 Å². The predicted octanol–water partition coefficient (Wildman–Crippen LogP) is 3.76. The highest BCUT2D eigenvalue weighted by atomic mass is 16.1. The molecule has 0 aliphatic rings. The van der Waals surface area contributed by atoms with Crippen molar-refractivity contribution in [1.29, 1.82) is 0 Å². The fraction of sp³-hybridized carbons (Fsp3) is 0.615. The van der Waals surface area contributed by atoms with Crippen molar-refractivity contribution in [1.82, 2.24) is 0 Å². The van der Waals surface area contributed by atoms with Crippen LogP contribution in [-0.2, 0) is 4.79 Å². The first-order valence-electron chi connectivity index (χ1n) is 5.35. The molecule has 0 aromatic rings. The smallest absolute Gasteiger partial charge is 0.142 e. The molecule has 0 bridgehead atoms. The third kappa shape index (κ3) is 5.74. The predicted molar refractivity (Wildman–Crippen MR) is 62.2 cm³/mol. The lowest BCUT2D eigenvalue weighted by Gasteiger charge is -2.15. The molecule has 0 heterocycles. The number of allylic oxidation sites excluding steroid dienone is 3. The Hall–Kier alpha value is -0.850. The molecular formula is C13H22O. The van der Waals surface area contributed by atoms with Gasteiger partial charge in [0.05, 0.1) is 0 Å². The lowest BCUT2D eigenvalue weighted by molar-refractivity contribution is -0.104. The minimum atomic E-state index is 0.588. The van der Waals surface area contributed by atoms with Crippen molar-refractivity contribution in [3.8, 4) is 0 Å². The van der Waals surface area contributed by atoms with E-state index in [-0.39, 0.29) is 0 Å². The van der Waals surface area contributed by atoms with Gasteiger partial charge in [0.25, 0.3) is 0 Å². The van der Waals surface area contributed by atoms with E-state index in [1.54, 1.807) is 6.08 Å².